The number of nitrogens with one attached hydrogen (secondary N) is 2. The maximum absolute atomic E-state index is 5.52. The third-order valence-corrected chi connectivity index (χ3v) is 2.10. The molecule has 0 aromatic rings. The molecular weight excluding hydrogens is 341 g/mol. The molecule has 0 bridgehead atoms. The molecule has 0 aromatic carbocycles. The summed E-state index contributed by atoms with van der Waals surface area (Å²) >= 11 is 0. The van der Waals surface area contributed by atoms with Crippen LogP contribution in [0.3, 0.4) is 0 Å². The summed E-state index contributed by atoms with van der Waals surface area (Å²) < 4.78 is 5.52. The standard InChI is InChI=1S/C13H29N3O.HI/c1-11(2)7-9-17-10-8-15-12(14-6)16-13(3,4)5;/h11H,7-10H2,1-6H3,(H2,14,15,16);1H. The van der Waals surface area contributed by atoms with Crippen LogP contribution < -0.4 is 10.6 Å². The Labute approximate surface area is 129 Å². The molecule has 0 aromatic heterocycles. The normalized spacial score (nSPS) is 12.3. The van der Waals surface area contributed by atoms with E-state index < -0.39 is 0 Å². The Bertz CT molecular complexity index is 225. The van der Waals surface area contributed by atoms with E-state index in [1.165, 1.54) is 0 Å². The van der Waals surface area contributed by atoms with Gasteiger partial charge in [0.15, 0.2) is 5.96 Å². The maximum atomic E-state index is 5.52. The SMILES string of the molecule is CN=C(NCCOCCC(C)C)NC(C)(C)C.I. The Hall–Kier alpha value is -0.0400. The number of guanidine groups is 1. The number of nitrogens with zero attached hydrogens (tertiary/aromatic N) is 1. The van der Waals surface area contributed by atoms with Gasteiger partial charge >= 0.3 is 0 Å². The molecule has 0 aliphatic heterocycles. The number of hydrogen-bond donors (Lipinski definition) is 2. The van der Waals surface area contributed by atoms with Gasteiger partial charge in [-0.05, 0) is 33.1 Å². The summed E-state index contributed by atoms with van der Waals surface area (Å²) in [6.45, 7) is 13.1. The van der Waals surface area contributed by atoms with Crippen molar-refractivity contribution in [1.82, 2.24) is 10.6 Å². The molecule has 0 heterocycles. The van der Waals surface area contributed by atoms with Gasteiger partial charge in [-0.2, -0.15) is 0 Å². The van der Waals surface area contributed by atoms with Crippen molar-refractivity contribution in [1.29, 1.82) is 0 Å². The summed E-state index contributed by atoms with van der Waals surface area (Å²) in [6, 6.07) is 0. The zero-order valence-electron chi connectivity index (χ0n) is 12.7. The van der Waals surface area contributed by atoms with Crippen molar-refractivity contribution in [2.45, 2.75) is 46.6 Å². The topological polar surface area (TPSA) is 45.7 Å². The number of ether oxygens (including phenoxy) is 1. The fraction of sp³-hybridized carbons (Fsp3) is 0.923. The molecule has 0 atom stereocenters. The van der Waals surface area contributed by atoms with E-state index >= 15 is 0 Å². The van der Waals surface area contributed by atoms with E-state index in [2.05, 4.69) is 50.2 Å². The van der Waals surface area contributed by atoms with Crippen molar-refractivity contribution in [2.24, 2.45) is 10.9 Å². The first-order valence-electron chi connectivity index (χ1n) is 6.41. The fourth-order valence-electron chi connectivity index (χ4n) is 1.20. The van der Waals surface area contributed by atoms with E-state index in [0.717, 1.165) is 32.1 Å². The molecule has 0 unspecified atom stereocenters. The molecule has 0 saturated heterocycles. The van der Waals surface area contributed by atoms with Crippen molar-refractivity contribution in [3.05, 3.63) is 0 Å². The van der Waals surface area contributed by atoms with Gasteiger partial charge in [0.05, 0.1) is 6.61 Å². The predicted molar refractivity (Wildman–Crippen MR) is 89.9 cm³/mol. The van der Waals surface area contributed by atoms with Crippen LogP contribution in [0.2, 0.25) is 0 Å². The molecule has 0 aliphatic carbocycles. The molecule has 0 aliphatic rings. The maximum Gasteiger partial charge on any atom is 0.191 e. The number of halogens is 1. The zero-order chi connectivity index (χ0) is 13.3. The lowest BCUT2D eigenvalue weighted by Crippen LogP contribution is -2.48. The van der Waals surface area contributed by atoms with Gasteiger partial charge in [-0.1, -0.05) is 13.8 Å². The molecule has 2 N–H and O–H groups in total. The first-order valence-corrected chi connectivity index (χ1v) is 6.41. The highest BCUT2D eigenvalue weighted by atomic mass is 127. The van der Waals surface area contributed by atoms with Crippen molar-refractivity contribution in [3.8, 4) is 0 Å². The second kappa shape index (κ2) is 10.8. The van der Waals surface area contributed by atoms with Crippen LogP contribution >= 0.6 is 24.0 Å². The largest absolute Gasteiger partial charge is 0.380 e. The summed E-state index contributed by atoms with van der Waals surface area (Å²) in [7, 11) is 1.78. The monoisotopic (exact) mass is 371 g/mol. The third-order valence-electron chi connectivity index (χ3n) is 2.10. The van der Waals surface area contributed by atoms with Crippen LogP contribution in [-0.4, -0.2) is 38.3 Å². The lowest BCUT2D eigenvalue weighted by Gasteiger charge is -2.23. The van der Waals surface area contributed by atoms with Crippen LogP contribution in [0.1, 0.15) is 41.0 Å². The molecule has 0 spiro atoms. The van der Waals surface area contributed by atoms with Gasteiger partial charge in [0, 0.05) is 25.7 Å². The van der Waals surface area contributed by atoms with Crippen molar-refractivity contribution in [2.75, 3.05) is 26.8 Å². The first-order chi connectivity index (χ1) is 7.85. The van der Waals surface area contributed by atoms with Crippen LogP contribution in [0, 0.1) is 5.92 Å². The van der Waals surface area contributed by atoms with Crippen molar-refractivity contribution >= 4 is 29.9 Å². The van der Waals surface area contributed by atoms with Crippen molar-refractivity contribution in [3.63, 3.8) is 0 Å². The molecule has 0 fully saturated rings. The van der Waals surface area contributed by atoms with Crippen LogP contribution in [0.25, 0.3) is 0 Å². The Morgan fingerprint density at radius 1 is 1.22 bits per heavy atom. The van der Waals surface area contributed by atoms with E-state index in [1.54, 1.807) is 7.05 Å². The molecule has 5 heteroatoms. The van der Waals surface area contributed by atoms with Gasteiger partial charge in [0.2, 0.25) is 0 Å². The fourth-order valence-corrected chi connectivity index (χ4v) is 1.20. The minimum absolute atomic E-state index is 0. The van der Waals surface area contributed by atoms with E-state index in [9.17, 15) is 0 Å². The van der Waals surface area contributed by atoms with Crippen LogP contribution in [0.4, 0.5) is 0 Å². The van der Waals surface area contributed by atoms with Crippen LogP contribution in [-0.2, 0) is 4.74 Å². The summed E-state index contributed by atoms with van der Waals surface area (Å²) in [5, 5.41) is 6.53. The highest BCUT2D eigenvalue weighted by molar-refractivity contribution is 14.0. The van der Waals surface area contributed by atoms with E-state index in [4.69, 9.17) is 4.74 Å². The molecule has 0 radical (unpaired) electrons. The van der Waals surface area contributed by atoms with Crippen LogP contribution in [0.5, 0.6) is 0 Å². The average molecular weight is 371 g/mol. The second-order valence-electron chi connectivity index (χ2n) is 5.67. The number of rotatable bonds is 6. The lowest BCUT2D eigenvalue weighted by atomic mass is 10.1. The van der Waals surface area contributed by atoms with Gasteiger partial charge in [0.25, 0.3) is 0 Å². The first kappa shape index (κ1) is 20.3. The summed E-state index contributed by atoms with van der Waals surface area (Å²) in [6.07, 6.45) is 1.12. The number of aliphatic imine (C=N–C) groups is 1. The highest BCUT2D eigenvalue weighted by Gasteiger charge is 2.10. The molecule has 4 nitrogen and oxygen atoms in total. The second-order valence-corrected chi connectivity index (χ2v) is 5.67. The molecular formula is C13H30IN3O. The minimum atomic E-state index is 0. The van der Waals surface area contributed by atoms with Gasteiger partial charge in [0.1, 0.15) is 0 Å². The minimum Gasteiger partial charge on any atom is -0.380 e. The van der Waals surface area contributed by atoms with E-state index in [-0.39, 0.29) is 29.5 Å². The Morgan fingerprint density at radius 2 is 1.83 bits per heavy atom. The molecule has 110 valence electrons. The quantitative estimate of drug-likeness (QED) is 0.327. The van der Waals surface area contributed by atoms with Gasteiger partial charge < -0.3 is 15.4 Å². The third kappa shape index (κ3) is 14.0. The van der Waals surface area contributed by atoms with Gasteiger partial charge in [-0.25, -0.2) is 0 Å². The summed E-state index contributed by atoms with van der Waals surface area (Å²) in [4.78, 5) is 4.16. The zero-order valence-corrected chi connectivity index (χ0v) is 15.0. The lowest BCUT2D eigenvalue weighted by molar-refractivity contribution is 0.128. The molecule has 0 amide bonds. The smallest absolute Gasteiger partial charge is 0.191 e. The average Bonchev–Trinajstić information content (AvgIpc) is 2.19. The van der Waals surface area contributed by atoms with Crippen molar-refractivity contribution < 1.29 is 4.74 Å². The van der Waals surface area contributed by atoms with Crippen LogP contribution in [0.15, 0.2) is 4.99 Å². The Morgan fingerprint density at radius 3 is 2.28 bits per heavy atom. The highest BCUT2D eigenvalue weighted by Crippen LogP contribution is 1.98. The Kier molecular flexibility index (Phi) is 12.2. The number of hydrogen-bond acceptors (Lipinski definition) is 2. The molecule has 0 rings (SSSR count). The molecule has 0 saturated carbocycles. The van der Waals surface area contributed by atoms with E-state index in [1.807, 2.05) is 0 Å². The van der Waals surface area contributed by atoms with E-state index in [0.29, 0.717) is 5.92 Å². The van der Waals surface area contributed by atoms with Gasteiger partial charge in [-0.3, -0.25) is 4.99 Å². The molecule has 18 heavy (non-hydrogen) atoms. The van der Waals surface area contributed by atoms with Gasteiger partial charge in [-0.15, -0.1) is 24.0 Å². The summed E-state index contributed by atoms with van der Waals surface area (Å²) in [5.41, 5.74) is 0.0281. The Balaban J connectivity index is 0. The predicted octanol–water partition coefficient (Wildman–Crippen LogP) is 2.63. The summed E-state index contributed by atoms with van der Waals surface area (Å²) in [5.74, 6) is 1.53.